The molecule has 13 heavy (non-hydrogen) atoms. The highest BCUT2D eigenvalue weighted by Crippen LogP contribution is 2.07. The van der Waals surface area contributed by atoms with Gasteiger partial charge in [0, 0.05) is 11.6 Å². The Balaban J connectivity index is 4.02. The molecule has 0 aromatic carbocycles. The van der Waals surface area contributed by atoms with Crippen LogP contribution in [0, 0.1) is 11.3 Å². The van der Waals surface area contributed by atoms with E-state index in [1.807, 2.05) is 39.2 Å². The van der Waals surface area contributed by atoms with Gasteiger partial charge in [-0.3, -0.25) is 0 Å². The molecule has 74 valence electrons. The van der Waals surface area contributed by atoms with E-state index in [1.54, 1.807) is 0 Å². The summed E-state index contributed by atoms with van der Waals surface area (Å²) in [7, 11) is 4.08. The van der Waals surface area contributed by atoms with Gasteiger partial charge >= 0.3 is 0 Å². The van der Waals surface area contributed by atoms with E-state index in [4.69, 9.17) is 5.41 Å². The first-order valence-corrected chi connectivity index (χ1v) is 4.60. The largest absolute Gasteiger partial charge is 0.309 e. The number of hydrogen-bond donors (Lipinski definition) is 1. The smallest absolute Gasteiger partial charge is 0.0379 e. The molecule has 0 radical (unpaired) electrons. The van der Waals surface area contributed by atoms with Gasteiger partial charge in [0.15, 0.2) is 0 Å². The molecule has 0 aromatic rings. The Morgan fingerprint density at radius 3 is 2.54 bits per heavy atom. The summed E-state index contributed by atoms with van der Waals surface area (Å²) in [5.74, 6) is 0.193. The Morgan fingerprint density at radius 1 is 1.54 bits per heavy atom. The first kappa shape index (κ1) is 12.1. The minimum Gasteiger partial charge on any atom is -0.309 e. The van der Waals surface area contributed by atoms with Crippen LogP contribution in [0.2, 0.25) is 0 Å². The fourth-order valence-electron chi connectivity index (χ4n) is 1.10. The number of nitrogens with one attached hydrogen (secondary N) is 1. The van der Waals surface area contributed by atoms with Crippen LogP contribution in [0.3, 0.4) is 0 Å². The molecule has 1 unspecified atom stereocenters. The fourth-order valence-corrected chi connectivity index (χ4v) is 1.10. The topological polar surface area (TPSA) is 27.1 Å². The fraction of sp³-hybridized carbons (Fsp3) is 0.545. The number of nitrogens with zero attached hydrogens (tertiary/aromatic N) is 1. The molecule has 0 aliphatic rings. The van der Waals surface area contributed by atoms with Crippen LogP contribution in [0.4, 0.5) is 0 Å². The van der Waals surface area contributed by atoms with Crippen molar-refractivity contribution < 1.29 is 0 Å². The minimum atomic E-state index is 0.193. The molecule has 1 atom stereocenters. The molecule has 0 saturated carbocycles. The van der Waals surface area contributed by atoms with Gasteiger partial charge in [-0.2, -0.15) is 0 Å². The molecule has 2 nitrogen and oxygen atoms in total. The molecule has 0 bridgehead atoms. The molecule has 0 rings (SSSR count). The Labute approximate surface area is 81.5 Å². The van der Waals surface area contributed by atoms with Crippen molar-refractivity contribution in [3.63, 3.8) is 0 Å². The van der Waals surface area contributed by atoms with Crippen LogP contribution in [0.5, 0.6) is 0 Å². The zero-order valence-corrected chi connectivity index (χ0v) is 8.88. The molecule has 0 aromatic heterocycles. The monoisotopic (exact) mass is 180 g/mol. The molecular weight excluding hydrogens is 160 g/mol. The molecule has 2 heteroatoms. The maximum absolute atomic E-state index is 7.71. The number of hydrogen-bond acceptors (Lipinski definition) is 2. The lowest BCUT2D eigenvalue weighted by Gasteiger charge is -2.14. The summed E-state index contributed by atoms with van der Waals surface area (Å²) in [5.41, 5.74) is 0.652. The van der Waals surface area contributed by atoms with Crippen LogP contribution in [0.15, 0.2) is 24.8 Å². The second-order valence-corrected chi connectivity index (χ2v) is 3.39. The molecule has 0 amide bonds. The van der Waals surface area contributed by atoms with E-state index >= 15 is 0 Å². The Morgan fingerprint density at radius 2 is 2.15 bits per heavy atom. The first-order chi connectivity index (χ1) is 6.11. The number of rotatable bonds is 6. The predicted molar refractivity (Wildman–Crippen MR) is 59.4 cm³/mol. The van der Waals surface area contributed by atoms with Crippen LogP contribution < -0.4 is 0 Å². The van der Waals surface area contributed by atoms with E-state index in [1.165, 1.54) is 0 Å². The van der Waals surface area contributed by atoms with Crippen LogP contribution in [-0.2, 0) is 0 Å². The van der Waals surface area contributed by atoms with Gasteiger partial charge in [-0.15, -0.1) is 6.58 Å². The van der Waals surface area contributed by atoms with Crippen molar-refractivity contribution >= 4 is 5.71 Å². The molecule has 0 aliphatic heterocycles. The summed E-state index contributed by atoms with van der Waals surface area (Å²) >= 11 is 0. The van der Waals surface area contributed by atoms with Crippen molar-refractivity contribution in [2.75, 3.05) is 20.6 Å². The van der Waals surface area contributed by atoms with Crippen molar-refractivity contribution in [3.8, 4) is 0 Å². The van der Waals surface area contributed by atoms with Crippen molar-refractivity contribution in [2.45, 2.75) is 13.3 Å². The predicted octanol–water partition coefficient (Wildman–Crippen LogP) is 2.34. The van der Waals surface area contributed by atoms with Gasteiger partial charge in [0.25, 0.3) is 0 Å². The van der Waals surface area contributed by atoms with Gasteiger partial charge in [-0.1, -0.05) is 12.2 Å². The zero-order valence-electron chi connectivity index (χ0n) is 8.88. The zero-order chi connectivity index (χ0) is 10.3. The average molecular weight is 180 g/mol. The Hall–Kier alpha value is -0.890. The molecule has 0 fully saturated rings. The summed E-state index contributed by atoms with van der Waals surface area (Å²) in [6.07, 6.45) is 6.56. The van der Waals surface area contributed by atoms with Crippen LogP contribution in [0.1, 0.15) is 13.3 Å². The van der Waals surface area contributed by atoms with Crippen molar-refractivity contribution in [1.82, 2.24) is 4.90 Å². The van der Waals surface area contributed by atoms with Crippen molar-refractivity contribution in [2.24, 2.45) is 5.92 Å². The lowest BCUT2D eigenvalue weighted by Crippen LogP contribution is -2.19. The van der Waals surface area contributed by atoms with E-state index < -0.39 is 0 Å². The van der Waals surface area contributed by atoms with Gasteiger partial charge in [0.2, 0.25) is 0 Å². The summed E-state index contributed by atoms with van der Waals surface area (Å²) in [4.78, 5) is 2.12. The average Bonchev–Trinajstić information content (AvgIpc) is 2.05. The third-order valence-corrected chi connectivity index (χ3v) is 1.92. The molecule has 0 saturated heterocycles. The van der Waals surface area contributed by atoms with E-state index in [0.717, 1.165) is 13.0 Å². The standard InChI is InChI=1S/C11H20N2/c1-5-7-11(12)10(6-2)8-9-13(3)4/h5-7,10,12H,2,8-9H2,1,3-4H3/b7-5-,12-11?. The Kier molecular flexibility index (Phi) is 6.15. The summed E-state index contributed by atoms with van der Waals surface area (Å²) < 4.78 is 0. The SMILES string of the molecule is C=CC(CCN(C)C)C(=N)/C=C\C. The molecule has 0 spiro atoms. The van der Waals surface area contributed by atoms with Crippen molar-refractivity contribution in [3.05, 3.63) is 24.8 Å². The Bertz CT molecular complexity index is 192. The van der Waals surface area contributed by atoms with Gasteiger partial charge in [-0.25, -0.2) is 0 Å². The van der Waals surface area contributed by atoms with E-state index in [9.17, 15) is 0 Å². The highest BCUT2D eigenvalue weighted by molar-refractivity contribution is 5.95. The van der Waals surface area contributed by atoms with Crippen molar-refractivity contribution in [1.29, 1.82) is 5.41 Å². The summed E-state index contributed by atoms with van der Waals surface area (Å²) in [6.45, 7) is 6.68. The summed E-state index contributed by atoms with van der Waals surface area (Å²) in [6, 6.07) is 0. The lowest BCUT2D eigenvalue weighted by molar-refractivity contribution is 0.391. The van der Waals surface area contributed by atoms with E-state index in [0.29, 0.717) is 5.71 Å². The lowest BCUT2D eigenvalue weighted by atomic mass is 9.99. The van der Waals surface area contributed by atoms with Gasteiger partial charge < -0.3 is 10.3 Å². The van der Waals surface area contributed by atoms with Crippen LogP contribution >= 0.6 is 0 Å². The molecule has 0 aliphatic carbocycles. The maximum Gasteiger partial charge on any atom is 0.0379 e. The maximum atomic E-state index is 7.71. The highest BCUT2D eigenvalue weighted by atomic mass is 15.0. The van der Waals surface area contributed by atoms with E-state index in [-0.39, 0.29) is 5.92 Å². The third kappa shape index (κ3) is 5.36. The van der Waals surface area contributed by atoms with Gasteiger partial charge in [-0.05, 0) is 40.1 Å². The molecule has 1 N–H and O–H groups in total. The number of allylic oxidation sites excluding steroid dienone is 3. The second-order valence-electron chi connectivity index (χ2n) is 3.39. The third-order valence-electron chi connectivity index (χ3n) is 1.92. The quantitative estimate of drug-likeness (QED) is 0.493. The van der Waals surface area contributed by atoms with E-state index in [2.05, 4.69) is 11.5 Å². The minimum absolute atomic E-state index is 0.193. The van der Waals surface area contributed by atoms with Gasteiger partial charge in [0.05, 0.1) is 0 Å². The molecular formula is C11H20N2. The van der Waals surface area contributed by atoms with Crippen LogP contribution in [0.25, 0.3) is 0 Å². The second kappa shape index (κ2) is 6.61. The summed E-state index contributed by atoms with van der Waals surface area (Å²) in [5, 5.41) is 7.71. The van der Waals surface area contributed by atoms with Gasteiger partial charge in [0.1, 0.15) is 0 Å². The molecule has 0 heterocycles. The highest BCUT2D eigenvalue weighted by Gasteiger charge is 2.07. The normalized spacial score (nSPS) is 13.5. The van der Waals surface area contributed by atoms with Crippen LogP contribution in [-0.4, -0.2) is 31.3 Å². The first-order valence-electron chi connectivity index (χ1n) is 4.60.